The largest absolute Gasteiger partial charge is 0.487 e. The number of esters is 1. The molecule has 1 N–H and O–H groups in total. The monoisotopic (exact) mass is 515 g/mol. The minimum Gasteiger partial charge on any atom is -0.487 e. The van der Waals surface area contributed by atoms with E-state index in [1.54, 1.807) is 17.8 Å². The van der Waals surface area contributed by atoms with Gasteiger partial charge in [0.1, 0.15) is 35.5 Å². The maximum absolute atomic E-state index is 13.4. The van der Waals surface area contributed by atoms with Crippen LogP contribution in [0.15, 0.2) is 47.1 Å². The number of ether oxygens (including phenoxy) is 2. The third-order valence-electron chi connectivity index (χ3n) is 7.92. The van der Waals surface area contributed by atoms with E-state index in [2.05, 4.69) is 32.8 Å². The summed E-state index contributed by atoms with van der Waals surface area (Å²) in [6, 6.07) is 6.85. The van der Waals surface area contributed by atoms with Crippen molar-refractivity contribution < 1.29 is 24.2 Å². The Labute approximate surface area is 200 Å². The van der Waals surface area contributed by atoms with Gasteiger partial charge in [0.2, 0.25) is 0 Å². The normalized spacial score (nSPS) is 35.7. The van der Waals surface area contributed by atoms with E-state index in [0.717, 1.165) is 4.47 Å². The molecule has 3 aliphatic rings. The molecule has 8 nitrogen and oxygen atoms in total. The quantitative estimate of drug-likeness (QED) is 0.491. The maximum Gasteiger partial charge on any atom is 0.334 e. The molecular formula is C24H26BrN3O5. The highest BCUT2D eigenvalue weighted by Crippen LogP contribution is 2.61. The Hall–Kier alpha value is -2.52. The summed E-state index contributed by atoms with van der Waals surface area (Å²) in [5.41, 5.74) is -1.73. The summed E-state index contributed by atoms with van der Waals surface area (Å²) in [5.74, 6) is -0.409. The summed E-state index contributed by atoms with van der Waals surface area (Å²) in [4.78, 5) is 25.7. The minimum absolute atomic E-state index is 0.0843. The van der Waals surface area contributed by atoms with Crippen molar-refractivity contribution in [1.82, 2.24) is 15.0 Å². The summed E-state index contributed by atoms with van der Waals surface area (Å²) in [5, 5.41) is 20.7. The molecule has 1 aromatic carbocycles. The second-order valence-corrected chi connectivity index (χ2v) is 10.5. The van der Waals surface area contributed by atoms with E-state index >= 15 is 0 Å². The van der Waals surface area contributed by atoms with Gasteiger partial charge in [-0.1, -0.05) is 34.6 Å². The molecule has 2 saturated carbocycles. The lowest BCUT2D eigenvalue weighted by atomic mass is 9.64. The van der Waals surface area contributed by atoms with Crippen LogP contribution in [0.3, 0.4) is 0 Å². The Kier molecular flexibility index (Phi) is 5.25. The molecule has 0 bridgehead atoms. The lowest BCUT2D eigenvalue weighted by Gasteiger charge is -2.46. The third kappa shape index (κ3) is 3.19. The average Bonchev–Trinajstić information content (AvgIpc) is 3.42. The van der Waals surface area contributed by atoms with Crippen LogP contribution in [0.1, 0.15) is 44.8 Å². The number of aliphatic hydroxyl groups is 1. The topological polar surface area (TPSA) is 104 Å². The van der Waals surface area contributed by atoms with Gasteiger partial charge in [0.05, 0.1) is 17.7 Å². The standard InChI is InChI=1S/C24H26BrN3O5/c1-13-4-9-18-14(2)22(30)33-21(18)23(3)20(29)10-19(24(13,23)31)28-11-16(26-27-28)12-32-17-7-5-15(25)6-8-17/h5-8,11,13,18-19,21,31H,2,4,9-10,12H2,1,3H3/t13-,18-,19-,21+,23-,24-/m0/s1. The predicted molar refractivity (Wildman–Crippen MR) is 121 cm³/mol. The highest BCUT2D eigenvalue weighted by molar-refractivity contribution is 9.10. The zero-order chi connectivity index (χ0) is 23.5. The van der Waals surface area contributed by atoms with Gasteiger partial charge in [-0.05, 0) is 49.9 Å². The van der Waals surface area contributed by atoms with E-state index in [9.17, 15) is 14.7 Å². The second kappa shape index (κ2) is 7.77. The first-order valence-electron chi connectivity index (χ1n) is 11.1. The Morgan fingerprint density at radius 1 is 1.30 bits per heavy atom. The number of Topliss-reactive ketones (excluding diaryl/α,β-unsaturated/α-hetero) is 1. The average molecular weight is 516 g/mol. The van der Waals surface area contributed by atoms with E-state index in [1.807, 2.05) is 31.2 Å². The van der Waals surface area contributed by atoms with Gasteiger partial charge < -0.3 is 14.6 Å². The first-order valence-corrected chi connectivity index (χ1v) is 11.9. The zero-order valence-corrected chi connectivity index (χ0v) is 20.1. The molecule has 1 aliphatic heterocycles. The van der Waals surface area contributed by atoms with Crippen LogP contribution in [0.5, 0.6) is 5.75 Å². The number of hydrogen-bond donors (Lipinski definition) is 1. The molecule has 6 atom stereocenters. The first kappa shape index (κ1) is 22.3. The van der Waals surface area contributed by atoms with Crippen molar-refractivity contribution in [2.45, 2.75) is 57.5 Å². The fourth-order valence-electron chi connectivity index (χ4n) is 5.96. The number of halogens is 1. The van der Waals surface area contributed by atoms with Crippen molar-refractivity contribution in [2.24, 2.45) is 17.3 Å². The highest BCUT2D eigenvalue weighted by Gasteiger charge is 2.72. The molecule has 2 aromatic rings. The molecule has 9 heteroatoms. The molecule has 3 fully saturated rings. The summed E-state index contributed by atoms with van der Waals surface area (Å²) >= 11 is 3.39. The van der Waals surface area contributed by atoms with Gasteiger partial charge >= 0.3 is 5.97 Å². The molecule has 2 aliphatic carbocycles. The molecule has 33 heavy (non-hydrogen) atoms. The van der Waals surface area contributed by atoms with Crippen LogP contribution in [-0.4, -0.2) is 43.6 Å². The predicted octanol–water partition coefficient (Wildman–Crippen LogP) is 3.40. The van der Waals surface area contributed by atoms with Gasteiger partial charge in [-0.3, -0.25) is 4.79 Å². The number of ketones is 1. The fraction of sp³-hybridized carbons (Fsp3) is 0.500. The van der Waals surface area contributed by atoms with Gasteiger partial charge in [0.15, 0.2) is 0 Å². The van der Waals surface area contributed by atoms with Crippen LogP contribution in [0.25, 0.3) is 0 Å². The lowest BCUT2D eigenvalue weighted by molar-refractivity contribution is -0.178. The maximum atomic E-state index is 13.4. The number of aromatic nitrogens is 3. The summed E-state index contributed by atoms with van der Waals surface area (Å²) < 4.78 is 14.0. The third-order valence-corrected chi connectivity index (χ3v) is 8.44. The van der Waals surface area contributed by atoms with Crippen molar-refractivity contribution in [3.8, 4) is 5.75 Å². The van der Waals surface area contributed by atoms with E-state index in [1.165, 1.54) is 0 Å². The van der Waals surface area contributed by atoms with Crippen molar-refractivity contribution >= 4 is 27.7 Å². The number of hydrogen-bond acceptors (Lipinski definition) is 7. The van der Waals surface area contributed by atoms with Gasteiger partial charge in [-0.25, -0.2) is 9.48 Å². The highest BCUT2D eigenvalue weighted by atomic mass is 79.9. The summed E-state index contributed by atoms with van der Waals surface area (Å²) in [6.07, 6.45) is 2.35. The molecule has 0 spiro atoms. The van der Waals surface area contributed by atoms with Crippen LogP contribution in [0.4, 0.5) is 0 Å². The van der Waals surface area contributed by atoms with Crippen LogP contribution >= 0.6 is 15.9 Å². The number of benzene rings is 1. The van der Waals surface area contributed by atoms with E-state index < -0.39 is 29.1 Å². The molecule has 0 amide bonds. The first-order chi connectivity index (χ1) is 15.7. The van der Waals surface area contributed by atoms with E-state index in [4.69, 9.17) is 9.47 Å². The van der Waals surface area contributed by atoms with Gasteiger partial charge in [-0.15, -0.1) is 5.10 Å². The molecule has 174 valence electrons. The van der Waals surface area contributed by atoms with Crippen LogP contribution in [0.2, 0.25) is 0 Å². The summed E-state index contributed by atoms with van der Waals surface area (Å²) in [7, 11) is 0. The molecule has 1 saturated heterocycles. The second-order valence-electron chi connectivity index (χ2n) is 9.54. The Morgan fingerprint density at radius 3 is 2.76 bits per heavy atom. The summed E-state index contributed by atoms with van der Waals surface area (Å²) in [6.45, 7) is 7.78. The molecule has 1 aromatic heterocycles. The lowest BCUT2D eigenvalue weighted by Crippen LogP contribution is -2.59. The van der Waals surface area contributed by atoms with Gasteiger partial charge in [0.25, 0.3) is 0 Å². The molecule has 0 radical (unpaired) electrons. The number of carbonyl (C=O) groups is 2. The van der Waals surface area contributed by atoms with Crippen molar-refractivity contribution in [1.29, 1.82) is 0 Å². The molecule has 5 rings (SSSR count). The number of rotatable bonds is 4. The number of nitrogens with zero attached hydrogens (tertiary/aromatic N) is 3. The van der Waals surface area contributed by atoms with Crippen molar-refractivity contribution in [2.75, 3.05) is 0 Å². The smallest absolute Gasteiger partial charge is 0.334 e. The molecular weight excluding hydrogens is 490 g/mol. The van der Waals surface area contributed by atoms with E-state index in [-0.39, 0.29) is 30.6 Å². The number of carbonyl (C=O) groups excluding carboxylic acids is 2. The van der Waals surface area contributed by atoms with Crippen LogP contribution < -0.4 is 4.74 Å². The zero-order valence-electron chi connectivity index (χ0n) is 18.5. The van der Waals surface area contributed by atoms with E-state index in [0.29, 0.717) is 29.9 Å². The van der Waals surface area contributed by atoms with Gasteiger partial charge in [-0.2, -0.15) is 0 Å². The fourth-order valence-corrected chi connectivity index (χ4v) is 6.22. The number of fused-ring (bicyclic) bond motifs is 3. The molecule has 2 heterocycles. The van der Waals surface area contributed by atoms with Gasteiger partial charge in [0, 0.05) is 22.4 Å². The van der Waals surface area contributed by atoms with Crippen LogP contribution in [0, 0.1) is 17.3 Å². The SMILES string of the molecule is C=C1C(=O)O[C@@H]2[C@H]1CC[C@H](C)[C@]1(O)[C@@H](n3cc(COc4ccc(Br)cc4)nn3)CC(=O)[C@@]21C. The minimum atomic E-state index is -1.45. The Bertz CT molecular complexity index is 1130. The Morgan fingerprint density at radius 2 is 2.03 bits per heavy atom. The molecule has 0 unspecified atom stereocenters. The Balaban J connectivity index is 1.44. The van der Waals surface area contributed by atoms with Crippen molar-refractivity contribution in [3.63, 3.8) is 0 Å². The van der Waals surface area contributed by atoms with Crippen LogP contribution in [-0.2, 0) is 20.9 Å². The van der Waals surface area contributed by atoms with Crippen molar-refractivity contribution in [3.05, 3.63) is 52.8 Å².